The van der Waals surface area contributed by atoms with Crippen LogP contribution in [0.4, 0.5) is 0 Å². The fourth-order valence-electron chi connectivity index (χ4n) is 2.88. The average Bonchev–Trinajstić information content (AvgIpc) is 3.04. The van der Waals surface area contributed by atoms with Crippen molar-refractivity contribution >= 4 is 36.0 Å². The second-order valence-electron chi connectivity index (χ2n) is 5.77. The number of nitrogens with two attached hydrogens (primary N) is 1. The Labute approximate surface area is 148 Å². The first-order valence-electron chi connectivity index (χ1n) is 8.15. The van der Waals surface area contributed by atoms with Gasteiger partial charge in [-0.3, -0.25) is 9.59 Å². The number of hydrogen-bond acceptors (Lipinski definition) is 5. The van der Waals surface area contributed by atoms with Crippen LogP contribution in [-0.2, 0) is 14.3 Å². The van der Waals surface area contributed by atoms with E-state index in [0.29, 0.717) is 25.4 Å². The van der Waals surface area contributed by atoms with Crippen LogP contribution in [0.2, 0.25) is 0 Å². The van der Waals surface area contributed by atoms with Crippen molar-refractivity contribution in [2.75, 3.05) is 37.9 Å². The number of ether oxygens (including phenoxy) is 1. The molecular formula is C15H28ClN3O3S. The lowest BCUT2D eigenvalue weighted by Gasteiger charge is -2.35. The highest BCUT2D eigenvalue weighted by molar-refractivity contribution is 7.99. The zero-order valence-electron chi connectivity index (χ0n) is 13.7. The molecule has 2 aliphatic rings. The largest absolute Gasteiger partial charge is 0.378 e. The third kappa shape index (κ3) is 5.52. The van der Waals surface area contributed by atoms with Gasteiger partial charge in [0, 0.05) is 31.9 Å². The van der Waals surface area contributed by atoms with Crippen LogP contribution in [0.5, 0.6) is 0 Å². The minimum absolute atomic E-state index is 0. The normalized spacial score (nSPS) is 22.1. The molecule has 0 saturated carbocycles. The first kappa shape index (κ1) is 20.5. The first-order valence-corrected chi connectivity index (χ1v) is 9.30. The monoisotopic (exact) mass is 365 g/mol. The molecule has 0 aromatic carbocycles. The Morgan fingerprint density at radius 2 is 2.00 bits per heavy atom. The van der Waals surface area contributed by atoms with Gasteiger partial charge in [-0.05, 0) is 25.8 Å². The Balaban J connectivity index is 0.00000264. The highest BCUT2D eigenvalue weighted by atomic mass is 35.5. The van der Waals surface area contributed by atoms with Gasteiger partial charge < -0.3 is 20.3 Å². The summed E-state index contributed by atoms with van der Waals surface area (Å²) in [7, 11) is 0. The van der Waals surface area contributed by atoms with Gasteiger partial charge in [0.2, 0.25) is 11.8 Å². The molecule has 1 atom stereocenters. The van der Waals surface area contributed by atoms with Crippen molar-refractivity contribution in [2.45, 2.75) is 44.8 Å². The number of carbonyl (C=O) groups is 2. The van der Waals surface area contributed by atoms with Crippen LogP contribution in [0.3, 0.4) is 0 Å². The number of hydrogen-bond donors (Lipinski definition) is 1. The lowest BCUT2D eigenvalue weighted by molar-refractivity contribution is -0.145. The number of rotatable bonds is 6. The number of carbonyl (C=O) groups excluding carboxylic acids is 2. The molecule has 0 spiro atoms. The predicted octanol–water partition coefficient (Wildman–Crippen LogP) is 1.08. The van der Waals surface area contributed by atoms with E-state index >= 15 is 0 Å². The van der Waals surface area contributed by atoms with Gasteiger partial charge in [0.25, 0.3) is 0 Å². The molecule has 1 unspecified atom stereocenters. The smallest absolute Gasteiger partial charge is 0.246 e. The van der Waals surface area contributed by atoms with Crippen LogP contribution in [0.25, 0.3) is 0 Å². The van der Waals surface area contributed by atoms with E-state index in [1.165, 1.54) is 0 Å². The van der Waals surface area contributed by atoms with Gasteiger partial charge in [-0.2, -0.15) is 0 Å². The SMILES string of the molecule is CCC(=O)N1CSCC1C(=O)N1CCC(OCCCN)CC1.Cl. The Bertz CT molecular complexity index is 392. The van der Waals surface area contributed by atoms with E-state index in [0.717, 1.165) is 38.1 Å². The summed E-state index contributed by atoms with van der Waals surface area (Å²) in [5.74, 6) is 1.54. The van der Waals surface area contributed by atoms with Crippen molar-refractivity contribution in [2.24, 2.45) is 5.73 Å². The molecule has 0 aliphatic carbocycles. The minimum Gasteiger partial charge on any atom is -0.378 e. The van der Waals surface area contributed by atoms with Gasteiger partial charge in [0.05, 0.1) is 12.0 Å². The topological polar surface area (TPSA) is 75.9 Å². The number of piperidine rings is 1. The van der Waals surface area contributed by atoms with Gasteiger partial charge >= 0.3 is 0 Å². The van der Waals surface area contributed by atoms with Gasteiger partial charge in [0.15, 0.2) is 0 Å². The van der Waals surface area contributed by atoms with Gasteiger partial charge in [-0.25, -0.2) is 0 Å². The number of thioether (sulfide) groups is 1. The van der Waals surface area contributed by atoms with E-state index in [4.69, 9.17) is 10.5 Å². The molecule has 0 aromatic rings. The molecule has 2 saturated heterocycles. The van der Waals surface area contributed by atoms with Gasteiger partial charge in [-0.1, -0.05) is 6.92 Å². The van der Waals surface area contributed by atoms with Crippen LogP contribution >= 0.6 is 24.2 Å². The van der Waals surface area contributed by atoms with E-state index in [-0.39, 0.29) is 36.4 Å². The second-order valence-corrected chi connectivity index (χ2v) is 6.77. The summed E-state index contributed by atoms with van der Waals surface area (Å²) < 4.78 is 5.77. The molecule has 2 heterocycles. The lowest BCUT2D eigenvalue weighted by atomic mass is 10.1. The Morgan fingerprint density at radius 3 is 2.61 bits per heavy atom. The maximum absolute atomic E-state index is 12.7. The Hall–Kier alpha value is -0.500. The quantitative estimate of drug-likeness (QED) is 0.713. The van der Waals surface area contributed by atoms with Crippen molar-refractivity contribution < 1.29 is 14.3 Å². The van der Waals surface area contributed by atoms with Crippen molar-refractivity contribution in [3.63, 3.8) is 0 Å². The average molecular weight is 366 g/mol. The molecule has 8 heteroatoms. The zero-order valence-corrected chi connectivity index (χ0v) is 15.4. The standard InChI is InChI=1S/C15H27N3O3S.ClH/c1-2-14(19)18-11-22-10-13(18)15(20)17-7-4-12(5-8-17)21-9-3-6-16;/h12-13H,2-11,16H2,1H3;1H. The molecule has 2 aliphatic heterocycles. The molecule has 2 N–H and O–H groups in total. The third-order valence-corrected chi connectivity index (χ3v) is 5.26. The molecule has 0 aromatic heterocycles. The van der Waals surface area contributed by atoms with Crippen molar-refractivity contribution in [3.8, 4) is 0 Å². The van der Waals surface area contributed by atoms with Crippen LogP contribution in [-0.4, -0.2) is 71.6 Å². The minimum atomic E-state index is -0.271. The summed E-state index contributed by atoms with van der Waals surface area (Å²) >= 11 is 1.66. The predicted molar refractivity (Wildman–Crippen MR) is 94.7 cm³/mol. The molecule has 6 nitrogen and oxygen atoms in total. The van der Waals surface area contributed by atoms with Gasteiger partial charge in [0.1, 0.15) is 6.04 Å². The molecule has 0 bridgehead atoms. The fraction of sp³-hybridized carbons (Fsp3) is 0.867. The molecule has 134 valence electrons. The Morgan fingerprint density at radius 1 is 1.30 bits per heavy atom. The number of likely N-dealkylation sites (tertiary alicyclic amines) is 1. The van der Waals surface area contributed by atoms with E-state index in [1.807, 2.05) is 11.8 Å². The van der Waals surface area contributed by atoms with Crippen LogP contribution in [0, 0.1) is 0 Å². The molecule has 2 amide bonds. The summed E-state index contributed by atoms with van der Waals surface area (Å²) in [6.07, 6.45) is 3.32. The maximum Gasteiger partial charge on any atom is 0.246 e. The summed E-state index contributed by atoms with van der Waals surface area (Å²) in [4.78, 5) is 28.2. The summed E-state index contributed by atoms with van der Waals surface area (Å²) in [5.41, 5.74) is 5.46. The molecule has 0 radical (unpaired) electrons. The maximum atomic E-state index is 12.7. The first-order chi connectivity index (χ1) is 10.7. The van der Waals surface area contributed by atoms with Crippen molar-refractivity contribution in [1.82, 2.24) is 9.80 Å². The highest BCUT2D eigenvalue weighted by Gasteiger charge is 2.37. The summed E-state index contributed by atoms with van der Waals surface area (Å²) in [6.45, 7) is 4.64. The van der Waals surface area contributed by atoms with Crippen LogP contribution < -0.4 is 5.73 Å². The molecule has 23 heavy (non-hydrogen) atoms. The number of amides is 2. The van der Waals surface area contributed by atoms with Crippen LogP contribution in [0.15, 0.2) is 0 Å². The molecular weight excluding hydrogens is 338 g/mol. The number of halogens is 1. The molecule has 2 rings (SSSR count). The highest BCUT2D eigenvalue weighted by Crippen LogP contribution is 2.25. The summed E-state index contributed by atoms with van der Waals surface area (Å²) in [5, 5.41) is 0. The van der Waals surface area contributed by atoms with Crippen molar-refractivity contribution in [3.05, 3.63) is 0 Å². The van der Waals surface area contributed by atoms with E-state index in [9.17, 15) is 9.59 Å². The Kier molecular flexibility index (Phi) is 9.27. The fourth-order valence-corrected chi connectivity index (χ4v) is 4.05. The van der Waals surface area contributed by atoms with Gasteiger partial charge in [-0.15, -0.1) is 24.2 Å². The third-order valence-electron chi connectivity index (χ3n) is 4.25. The van der Waals surface area contributed by atoms with E-state index in [2.05, 4.69) is 0 Å². The lowest BCUT2D eigenvalue weighted by Crippen LogP contribution is -2.51. The number of nitrogens with zero attached hydrogens (tertiary/aromatic N) is 2. The van der Waals surface area contributed by atoms with E-state index in [1.54, 1.807) is 16.7 Å². The van der Waals surface area contributed by atoms with Crippen molar-refractivity contribution in [1.29, 1.82) is 0 Å². The zero-order chi connectivity index (χ0) is 15.9. The summed E-state index contributed by atoms with van der Waals surface area (Å²) in [6, 6.07) is -0.271. The van der Waals surface area contributed by atoms with E-state index < -0.39 is 0 Å². The van der Waals surface area contributed by atoms with Crippen LogP contribution in [0.1, 0.15) is 32.6 Å². The second kappa shape index (κ2) is 10.4. The molecule has 2 fully saturated rings.